The van der Waals surface area contributed by atoms with E-state index < -0.39 is 19.4 Å². The zero-order valence-corrected chi connectivity index (χ0v) is 17.6. The fourth-order valence-corrected chi connectivity index (χ4v) is 2.86. The molecule has 0 amide bonds. The lowest BCUT2D eigenvalue weighted by atomic mass is 10.1. The highest BCUT2D eigenvalue weighted by Gasteiger charge is 2.19. The van der Waals surface area contributed by atoms with Crippen molar-refractivity contribution in [1.29, 1.82) is 0 Å². The lowest BCUT2D eigenvalue weighted by Crippen LogP contribution is -2.02. The third-order valence-electron chi connectivity index (χ3n) is 3.88. The van der Waals surface area contributed by atoms with Gasteiger partial charge in [0.05, 0.1) is 20.6 Å². The molecule has 10 heteroatoms. The van der Waals surface area contributed by atoms with E-state index in [2.05, 4.69) is 4.52 Å². The highest BCUT2D eigenvalue weighted by Crippen LogP contribution is 2.42. The molecule has 0 aliphatic heterocycles. The normalized spacial score (nSPS) is 11.6. The molecule has 0 saturated carbocycles. The summed E-state index contributed by atoms with van der Waals surface area (Å²) in [5, 5.41) is 9.56. The summed E-state index contributed by atoms with van der Waals surface area (Å²) in [4.78, 5) is 41.8. The first-order chi connectivity index (χ1) is 14.6. The van der Waals surface area contributed by atoms with Gasteiger partial charge in [-0.1, -0.05) is 24.3 Å². The molecule has 2 aromatic carbocycles. The maximum Gasteiger partial charge on any atom is 0.524 e. The molecule has 0 atom stereocenters. The molecule has 0 unspecified atom stereocenters. The topological polar surface area (TPSA) is 140 Å². The number of ketones is 2. The first kappa shape index (κ1) is 23.9. The molecule has 9 nitrogen and oxygen atoms in total. The number of phosphoric acid groups is 1. The Balaban J connectivity index is 2.00. The molecule has 3 N–H and O–H groups in total. The minimum atomic E-state index is -4.74. The van der Waals surface area contributed by atoms with Crippen LogP contribution < -0.4 is 14.0 Å². The summed E-state index contributed by atoms with van der Waals surface area (Å²) in [5.41, 5.74) is 1.12. The lowest BCUT2D eigenvalue weighted by molar-refractivity contribution is -0.121. The fourth-order valence-electron chi connectivity index (χ4n) is 2.46. The van der Waals surface area contributed by atoms with Crippen LogP contribution in [0.5, 0.6) is 23.0 Å². The van der Waals surface area contributed by atoms with Crippen molar-refractivity contribution in [2.24, 2.45) is 0 Å². The van der Waals surface area contributed by atoms with E-state index in [4.69, 9.17) is 19.3 Å². The molecule has 2 rings (SSSR count). The average Bonchev–Trinajstić information content (AvgIpc) is 2.71. The van der Waals surface area contributed by atoms with Crippen LogP contribution in [0.1, 0.15) is 17.5 Å². The number of carbonyl (C=O) groups excluding carboxylic acids is 2. The van der Waals surface area contributed by atoms with Crippen molar-refractivity contribution < 1.29 is 43.0 Å². The van der Waals surface area contributed by atoms with Gasteiger partial charge in [0.25, 0.3) is 0 Å². The second kappa shape index (κ2) is 10.6. The number of hydrogen-bond donors (Lipinski definition) is 3. The van der Waals surface area contributed by atoms with Crippen molar-refractivity contribution >= 4 is 31.5 Å². The zero-order chi connectivity index (χ0) is 23.0. The van der Waals surface area contributed by atoms with Gasteiger partial charge in [-0.05, 0) is 47.5 Å². The summed E-state index contributed by atoms with van der Waals surface area (Å²) in [6.45, 7) is 0. The van der Waals surface area contributed by atoms with Crippen LogP contribution in [0, 0.1) is 0 Å². The van der Waals surface area contributed by atoms with Crippen LogP contribution >= 0.6 is 7.82 Å². The zero-order valence-electron chi connectivity index (χ0n) is 16.7. The van der Waals surface area contributed by atoms with Crippen LogP contribution in [0.4, 0.5) is 0 Å². The van der Waals surface area contributed by atoms with E-state index in [0.717, 1.165) is 0 Å². The number of rotatable bonds is 10. The van der Waals surface area contributed by atoms with Crippen molar-refractivity contribution in [2.45, 2.75) is 6.42 Å². The third-order valence-corrected chi connectivity index (χ3v) is 4.32. The van der Waals surface area contributed by atoms with Gasteiger partial charge < -0.3 is 19.1 Å². The largest absolute Gasteiger partial charge is 0.524 e. The Kier molecular flexibility index (Phi) is 8.15. The molecule has 0 saturated heterocycles. The van der Waals surface area contributed by atoms with Crippen LogP contribution in [0.2, 0.25) is 0 Å². The van der Waals surface area contributed by atoms with E-state index in [1.54, 1.807) is 12.1 Å². The molecule has 0 radical (unpaired) electrons. The second-order valence-corrected chi connectivity index (χ2v) is 7.36. The van der Waals surface area contributed by atoms with Gasteiger partial charge in [-0.15, -0.1) is 0 Å². The summed E-state index contributed by atoms with van der Waals surface area (Å²) < 4.78 is 25.5. The summed E-state index contributed by atoms with van der Waals surface area (Å²) in [5.74, 6) is -0.686. The Bertz CT molecular complexity index is 1070. The quantitative estimate of drug-likeness (QED) is 0.284. The Hall–Kier alpha value is -3.39. The standard InChI is InChI=1S/C21H21O9P/c1-28-20-11-14(5-9-18(20)24)3-7-16(22)13-17(23)8-4-15-6-10-19(21(12-15)29-2)30-31(25,26)27/h3-12,24H,13H2,1-2H3,(H2,25,26,27)/b7-3+,8-4+. The Morgan fingerprint density at radius 2 is 1.39 bits per heavy atom. The van der Waals surface area contributed by atoms with Gasteiger partial charge in [0.1, 0.15) is 0 Å². The molecule has 0 fully saturated rings. The smallest absolute Gasteiger partial charge is 0.504 e. The number of phenolic OH excluding ortho intramolecular Hbond substituents is 1. The number of ether oxygens (including phenoxy) is 2. The van der Waals surface area contributed by atoms with Crippen LogP contribution in [-0.4, -0.2) is 40.7 Å². The number of carbonyl (C=O) groups is 2. The maximum atomic E-state index is 12.0. The number of aromatic hydroxyl groups is 1. The molecule has 0 aliphatic carbocycles. The number of phenols is 1. The highest BCUT2D eigenvalue weighted by atomic mass is 31.2. The lowest BCUT2D eigenvalue weighted by Gasteiger charge is -2.11. The van der Waals surface area contributed by atoms with E-state index in [1.165, 1.54) is 62.8 Å². The molecule has 0 aliphatic rings. The maximum absolute atomic E-state index is 12.0. The number of hydrogen-bond acceptors (Lipinski definition) is 7. The van der Waals surface area contributed by atoms with Crippen LogP contribution in [0.25, 0.3) is 12.2 Å². The Labute approximate surface area is 178 Å². The molecule has 0 aromatic heterocycles. The van der Waals surface area contributed by atoms with E-state index in [-0.39, 0.29) is 29.4 Å². The van der Waals surface area contributed by atoms with Crippen LogP contribution in [0.3, 0.4) is 0 Å². The summed E-state index contributed by atoms with van der Waals surface area (Å²) in [6.07, 6.45) is 5.07. The molecular weight excluding hydrogens is 427 g/mol. The molecule has 31 heavy (non-hydrogen) atoms. The van der Waals surface area contributed by atoms with Gasteiger partial charge in [-0.3, -0.25) is 19.4 Å². The molecular formula is C21H21O9P. The van der Waals surface area contributed by atoms with Crippen molar-refractivity contribution in [3.05, 3.63) is 59.7 Å². The van der Waals surface area contributed by atoms with Crippen molar-refractivity contribution in [3.8, 4) is 23.0 Å². The van der Waals surface area contributed by atoms with E-state index in [1.807, 2.05) is 0 Å². The first-order valence-electron chi connectivity index (χ1n) is 8.83. The van der Waals surface area contributed by atoms with Crippen molar-refractivity contribution in [2.75, 3.05) is 14.2 Å². The third kappa shape index (κ3) is 7.75. The number of methoxy groups -OCH3 is 2. The van der Waals surface area contributed by atoms with E-state index in [0.29, 0.717) is 11.1 Å². The average molecular weight is 448 g/mol. The molecule has 2 aromatic rings. The van der Waals surface area contributed by atoms with Gasteiger partial charge in [0, 0.05) is 0 Å². The van der Waals surface area contributed by atoms with Gasteiger partial charge in [0.15, 0.2) is 34.6 Å². The van der Waals surface area contributed by atoms with Crippen molar-refractivity contribution in [1.82, 2.24) is 0 Å². The minimum absolute atomic E-state index is 0.0238. The highest BCUT2D eigenvalue weighted by molar-refractivity contribution is 7.46. The second-order valence-electron chi connectivity index (χ2n) is 6.20. The van der Waals surface area contributed by atoms with Crippen molar-refractivity contribution in [3.63, 3.8) is 0 Å². The van der Waals surface area contributed by atoms with Gasteiger partial charge in [-0.2, -0.15) is 0 Å². The molecule has 0 bridgehead atoms. The fraction of sp³-hybridized carbons (Fsp3) is 0.143. The molecule has 0 spiro atoms. The van der Waals surface area contributed by atoms with E-state index >= 15 is 0 Å². The predicted molar refractivity (Wildman–Crippen MR) is 113 cm³/mol. The van der Waals surface area contributed by atoms with E-state index in [9.17, 15) is 19.3 Å². The molecule has 164 valence electrons. The molecule has 0 heterocycles. The summed E-state index contributed by atoms with van der Waals surface area (Å²) in [6, 6.07) is 8.76. The Morgan fingerprint density at radius 3 is 1.90 bits per heavy atom. The van der Waals surface area contributed by atoms with Crippen LogP contribution in [0.15, 0.2) is 48.6 Å². The number of allylic oxidation sites excluding steroid dienone is 2. The summed E-state index contributed by atoms with van der Waals surface area (Å²) in [7, 11) is -2.03. The first-order valence-corrected chi connectivity index (χ1v) is 10.4. The predicted octanol–water partition coefficient (Wildman–Crippen LogP) is 3.14. The Morgan fingerprint density at radius 1 is 0.871 bits per heavy atom. The van der Waals surface area contributed by atoms with Gasteiger partial charge >= 0.3 is 7.82 Å². The van der Waals surface area contributed by atoms with Gasteiger partial charge in [0.2, 0.25) is 0 Å². The minimum Gasteiger partial charge on any atom is -0.504 e. The SMILES string of the molecule is COc1cc(/C=C/C(=O)CC(=O)/C=C/c2ccc(OP(=O)(O)O)c(OC)c2)ccc1O. The number of benzene rings is 2. The van der Waals surface area contributed by atoms with Gasteiger partial charge in [-0.25, -0.2) is 4.57 Å². The van der Waals surface area contributed by atoms with Crippen LogP contribution in [-0.2, 0) is 14.2 Å². The number of phosphoric ester groups is 1. The monoisotopic (exact) mass is 448 g/mol. The summed E-state index contributed by atoms with van der Waals surface area (Å²) >= 11 is 0.